The van der Waals surface area contributed by atoms with Crippen LogP contribution in [0.15, 0.2) is 24.0 Å². The molecule has 0 amide bonds. The van der Waals surface area contributed by atoms with Gasteiger partial charge in [-0.25, -0.2) is 9.59 Å². The van der Waals surface area contributed by atoms with E-state index in [2.05, 4.69) is 4.90 Å². The first-order chi connectivity index (χ1) is 19.8. The average molecular weight is 590 g/mol. The molecule has 14 nitrogen and oxygen atoms in total. The maximum atomic E-state index is 13.1. The van der Waals surface area contributed by atoms with Crippen LogP contribution >= 0.6 is 0 Å². The Morgan fingerprint density at radius 2 is 1.86 bits per heavy atom. The van der Waals surface area contributed by atoms with E-state index < -0.39 is 72.0 Å². The van der Waals surface area contributed by atoms with Gasteiger partial charge in [0.05, 0.1) is 30.5 Å². The highest BCUT2D eigenvalue weighted by atomic mass is 16.6. The smallest absolute Gasteiger partial charge is 0.348 e. The number of piperidine rings is 1. The number of hydrogen-bond acceptors (Lipinski definition) is 12. The topological polar surface area (TPSA) is 206 Å². The lowest BCUT2D eigenvalue weighted by Crippen LogP contribution is -2.74. The number of aliphatic hydroxyl groups is 2. The average Bonchev–Trinajstić information content (AvgIpc) is 3.27. The van der Waals surface area contributed by atoms with E-state index in [0.717, 1.165) is 18.1 Å². The van der Waals surface area contributed by atoms with Gasteiger partial charge in [0.2, 0.25) is 12.2 Å². The van der Waals surface area contributed by atoms with Gasteiger partial charge in [0.1, 0.15) is 11.5 Å². The molecule has 1 spiro atoms. The van der Waals surface area contributed by atoms with Gasteiger partial charge in [-0.15, -0.1) is 0 Å². The molecule has 42 heavy (non-hydrogen) atoms. The van der Waals surface area contributed by atoms with Gasteiger partial charge >= 0.3 is 29.8 Å². The third kappa shape index (κ3) is 4.59. The molecule has 1 saturated heterocycles. The number of aliphatic carboxylic acids is 2. The second kappa shape index (κ2) is 10.7. The summed E-state index contributed by atoms with van der Waals surface area (Å²) in [6.45, 7) is 1.27. The lowest BCUT2D eigenvalue weighted by molar-refractivity contribution is -0.181. The molecule has 1 aromatic carbocycles. The number of carboxylic acid groups (broad SMARTS) is 2. The van der Waals surface area contributed by atoms with Crippen LogP contribution < -0.4 is 4.74 Å². The van der Waals surface area contributed by atoms with Crippen molar-refractivity contribution in [2.45, 2.75) is 81.0 Å². The Labute approximate surface area is 239 Å². The van der Waals surface area contributed by atoms with Gasteiger partial charge in [-0.1, -0.05) is 12.1 Å². The van der Waals surface area contributed by atoms with Crippen molar-refractivity contribution in [3.8, 4) is 5.75 Å². The number of likely N-dealkylation sites (N-methyl/N-ethyl adjacent to an activating group) is 1. The number of esters is 3. The molecule has 2 aliphatic carbocycles. The Kier molecular flexibility index (Phi) is 7.49. The SMILES string of the molecule is CC(=O)O[C@@H](CC(=O)OC1=CC[C@@]2(O)[C@H]3Cc4ccc(CO)c5c4[C@@]2(CCN3C)[C@H]1O5)C(=O)O[C@H](CC(=O)O)C(=O)O. The van der Waals surface area contributed by atoms with E-state index in [-0.39, 0.29) is 24.8 Å². The fraction of sp³-hybridized carbons (Fsp3) is 0.536. The van der Waals surface area contributed by atoms with Crippen molar-refractivity contribution in [2.24, 2.45) is 0 Å². The molecular formula is C28H31NO13. The van der Waals surface area contributed by atoms with E-state index in [0.29, 0.717) is 30.7 Å². The van der Waals surface area contributed by atoms with Gasteiger partial charge < -0.3 is 44.3 Å². The number of aliphatic hydroxyl groups excluding tert-OH is 1. The predicted molar refractivity (Wildman–Crippen MR) is 137 cm³/mol. The lowest BCUT2D eigenvalue weighted by Gasteiger charge is -2.61. The molecule has 14 heteroatoms. The summed E-state index contributed by atoms with van der Waals surface area (Å²) >= 11 is 0. The molecule has 5 rings (SSSR count). The van der Waals surface area contributed by atoms with Crippen LogP contribution in [0.1, 0.15) is 49.3 Å². The molecule has 0 aromatic heterocycles. The highest BCUT2D eigenvalue weighted by molar-refractivity contribution is 5.87. The molecule has 4 aliphatic rings. The number of carboxylic acids is 2. The molecule has 0 radical (unpaired) electrons. The third-order valence-electron chi connectivity index (χ3n) is 8.67. The quantitative estimate of drug-likeness (QED) is 0.206. The summed E-state index contributed by atoms with van der Waals surface area (Å²) in [5.74, 6) is -6.24. The zero-order chi connectivity index (χ0) is 30.6. The largest absolute Gasteiger partial charge is 0.481 e. The first-order valence-electron chi connectivity index (χ1n) is 13.4. The standard InChI is InChI=1S/C28H31NO13/c1-13(31)39-18(26(37)41-17(25(35)36)10-20(32)33)11-21(34)40-16-5-6-28(38)19-9-14-3-4-15(12-30)23-22(14)27(28,24(16)42-23)7-8-29(19)2/h3-5,17-19,24,30,38H,6-12H2,1-2H3,(H,32,33)(H,35,36)/t17-,18+,19-,24+,27+,28-/m1/s1. The number of ether oxygens (including phenoxy) is 4. The number of hydrogen-bond donors (Lipinski definition) is 4. The van der Waals surface area contributed by atoms with E-state index in [9.17, 15) is 39.3 Å². The molecule has 2 heterocycles. The summed E-state index contributed by atoms with van der Waals surface area (Å²) in [6.07, 6.45) is -4.15. The van der Waals surface area contributed by atoms with E-state index in [1.165, 1.54) is 0 Å². The molecule has 2 bridgehead atoms. The molecule has 0 saturated carbocycles. The van der Waals surface area contributed by atoms with Crippen LogP contribution in [0.4, 0.5) is 0 Å². The Balaban J connectivity index is 1.41. The maximum absolute atomic E-state index is 13.1. The fourth-order valence-electron chi connectivity index (χ4n) is 6.88. The molecule has 226 valence electrons. The van der Waals surface area contributed by atoms with Gasteiger partial charge in [0, 0.05) is 30.5 Å². The van der Waals surface area contributed by atoms with Crippen LogP contribution in [0.5, 0.6) is 5.75 Å². The van der Waals surface area contributed by atoms with E-state index in [1.807, 2.05) is 13.1 Å². The van der Waals surface area contributed by atoms with Crippen molar-refractivity contribution in [1.29, 1.82) is 0 Å². The minimum Gasteiger partial charge on any atom is -0.481 e. The molecule has 0 unspecified atom stereocenters. The van der Waals surface area contributed by atoms with Crippen molar-refractivity contribution >= 4 is 29.8 Å². The molecular weight excluding hydrogens is 558 g/mol. The summed E-state index contributed by atoms with van der Waals surface area (Å²) in [4.78, 5) is 61.8. The minimum absolute atomic E-state index is 0.0742. The predicted octanol–water partition coefficient (Wildman–Crippen LogP) is -0.207. The Bertz CT molecular complexity index is 1390. The zero-order valence-electron chi connectivity index (χ0n) is 22.9. The maximum Gasteiger partial charge on any atom is 0.348 e. The van der Waals surface area contributed by atoms with Crippen LogP contribution in [-0.4, -0.2) is 98.7 Å². The fourth-order valence-corrected chi connectivity index (χ4v) is 6.88. The van der Waals surface area contributed by atoms with Crippen LogP contribution in [0.3, 0.4) is 0 Å². The minimum atomic E-state index is -2.08. The van der Waals surface area contributed by atoms with E-state index in [4.69, 9.17) is 24.1 Å². The Hall–Kier alpha value is -4.01. The Morgan fingerprint density at radius 1 is 1.12 bits per heavy atom. The van der Waals surface area contributed by atoms with Crippen molar-refractivity contribution < 1.29 is 63.3 Å². The molecule has 6 atom stereocenters. The number of nitrogens with zero attached hydrogens (tertiary/aromatic N) is 1. The summed E-state index contributed by atoms with van der Waals surface area (Å²) < 4.78 is 21.6. The van der Waals surface area contributed by atoms with Crippen molar-refractivity contribution in [1.82, 2.24) is 4.90 Å². The Morgan fingerprint density at radius 3 is 2.50 bits per heavy atom. The summed E-state index contributed by atoms with van der Waals surface area (Å²) in [5, 5.41) is 40.3. The van der Waals surface area contributed by atoms with Gasteiger partial charge in [0.15, 0.2) is 6.10 Å². The monoisotopic (exact) mass is 589 g/mol. The first kappa shape index (κ1) is 29.5. The zero-order valence-corrected chi connectivity index (χ0v) is 22.9. The van der Waals surface area contributed by atoms with E-state index >= 15 is 0 Å². The molecule has 4 N–H and O–H groups in total. The molecule has 1 fully saturated rings. The van der Waals surface area contributed by atoms with Crippen molar-refractivity contribution in [3.05, 3.63) is 40.7 Å². The number of benzene rings is 1. The van der Waals surface area contributed by atoms with Crippen LogP contribution in [0.25, 0.3) is 0 Å². The van der Waals surface area contributed by atoms with Gasteiger partial charge in [-0.3, -0.25) is 14.4 Å². The summed E-state index contributed by atoms with van der Waals surface area (Å²) in [7, 11) is 1.94. The van der Waals surface area contributed by atoms with Crippen LogP contribution in [0.2, 0.25) is 0 Å². The van der Waals surface area contributed by atoms with Crippen LogP contribution in [0, 0.1) is 0 Å². The summed E-state index contributed by atoms with van der Waals surface area (Å²) in [5.41, 5.74) is 0.0163. The number of carbonyl (C=O) groups is 5. The number of likely N-dealkylation sites (tertiary alicyclic amines) is 1. The second-order valence-corrected chi connectivity index (χ2v) is 11.0. The number of carbonyl (C=O) groups excluding carboxylic acids is 3. The van der Waals surface area contributed by atoms with Gasteiger partial charge in [-0.05, 0) is 38.1 Å². The molecule has 2 aliphatic heterocycles. The third-order valence-corrected chi connectivity index (χ3v) is 8.67. The van der Waals surface area contributed by atoms with Crippen molar-refractivity contribution in [3.63, 3.8) is 0 Å². The second-order valence-electron chi connectivity index (χ2n) is 11.0. The van der Waals surface area contributed by atoms with Crippen LogP contribution in [-0.2, 0) is 56.6 Å². The lowest BCUT2D eigenvalue weighted by atomic mass is 9.50. The normalized spacial score (nSPS) is 28.3. The number of rotatable bonds is 10. The molecule has 1 aromatic rings. The summed E-state index contributed by atoms with van der Waals surface area (Å²) in [6, 6.07) is 3.43. The van der Waals surface area contributed by atoms with Gasteiger partial charge in [-0.2, -0.15) is 0 Å². The highest BCUT2D eigenvalue weighted by Crippen LogP contribution is 2.64. The highest BCUT2D eigenvalue weighted by Gasteiger charge is 2.71. The van der Waals surface area contributed by atoms with E-state index in [1.54, 1.807) is 12.1 Å². The van der Waals surface area contributed by atoms with Gasteiger partial charge in [0.25, 0.3) is 0 Å². The first-order valence-corrected chi connectivity index (χ1v) is 13.4. The van der Waals surface area contributed by atoms with Crippen molar-refractivity contribution in [2.75, 3.05) is 13.6 Å².